The standard InChI is InChI=1S/C10H18N4O6/c1-13(11-17)5-7-19-9(15)3-4-10(16)20-8-6-14(2)12-18/h3-8H2,1-2H3. The van der Waals surface area contributed by atoms with Crippen LogP contribution in [0.1, 0.15) is 12.8 Å². The predicted octanol–water partition coefficient (Wildman–Crippen LogP) is 0.0794. The Labute approximate surface area is 115 Å². The fourth-order valence-electron chi connectivity index (χ4n) is 1.01. The summed E-state index contributed by atoms with van der Waals surface area (Å²) in [4.78, 5) is 42.5. The zero-order valence-electron chi connectivity index (χ0n) is 11.5. The maximum Gasteiger partial charge on any atom is 0.306 e. The fourth-order valence-corrected chi connectivity index (χ4v) is 1.01. The third-order valence-corrected chi connectivity index (χ3v) is 2.17. The van der Waals surface area contributed by atoms with Crippen molar-refractivity contribution in [3.05, 3.63) is 9.81 Å². The van der Waals surface area contributed by atoms with Gasteiger partial charge in [0.25, 0.3) is 0 Å². The smallest absolute Gasteiger partial charge is 0.306 e. The van der Waals surface area contributed by atoms with Crippen molar-refractivity contribution in [3.8, 4) is 0 Å². The second-order valence-electron chi connectivity index (χ2n) is 3.87. The Morgan fingerprint density at radius 1 is 0.850 bits per heavy atom. The molecule has 0 rings (SSSR count). The summed E-state index contributed by atoms with van der Waals surface area (Å²) in [6.45, 7) is 0.410. The molecule has 0 amide bonds. The lowest BCUT2D eigenvalue weighted by molar-refractivity contribution is -0.150. The number of carbonyl (C=O) groups excluding carboxylic acids is 2. The summed E-state index contributed by atoms with van der Waals surface area (Å²) in [5.74, 6) is -1.12. The average molecular weight is 290 g/mol. The van der Waals surface area contributed by atoms with Gasteiger partial charge >= 0.3 is 11.9 Å². The molecule has 0 fully saturated rings. The number of carbonyl (C=O) groups is 2. The van der Waals surface area contributed by atoms with E-state index in [1.54, 1.807) is 0 Å². The first kappa shape index (κ1) is 17.7. The molecular weight excluding hydrogens is 272 g/mol. The monoisotopic (exact) mass is 290 g/mol. The molecular formula is C10H18N4O6. The molecule has 0 aromatic rings. The maximum atomic E-state index is 11.2. The molecule has 20 heavy (non-hydrogen) atoms. The molecule has 0 atom stereocenters. The molecule has 0 aliphatic rings. The second kappa shape index (κ2) is 10.6. The van der Waals surface area contributed by atoms with Crippen LogP contribution in [0.4, 0.5) is 0 Å². The first-order valence-electron chi connectivity index (χ1n) is 5.89. The summed E-state index contributed by atoms with van der Waals surface area (Å²) in [5.41, 5.74) is 0. The van der Waals surface area contributed by atoms with Gasteiger partial charge in [0, 0.05) is 14.1 Å². The van der Waals surface area contributed by atoms with Gasteiger partial charge in [0.05, 0.1) is 36.5 Å². The molecule has 0 aliphatic carbocycles. The van der Waals surface area contributed by atoms with Crippen LogP contribution in [0.3, 0.4) is 0 Å². The summed E-state index contributed by atoms with van der Waals surface area (Å²) in [6.07, 6.45) is -0.225. The molecule has 0 bridgehead atoms. The van der Waals surface area contributed by atoms with E-state index >= 15 is 0 Å². The number of likely N-dealkylation sites (N-methyl/N-ethyl adjacent to an activating group) is 2. The van der Waals surface area contributed by atoms with E-state index in [4.69, 9.17) is 9.47 Å². The van der Waals surface area contributed by atoms with E-state index in [1.807, 2.05) is 0 Å². The van der Waals surface area contributed by atoms with Crippen molar-refractivity contribution in [2.45, 2.75) is 12.8 Å². The quantitative estimate of drug-likeness (QED) is 0.298. The maximum absolute atomic E-state index is 11.2. The number of hydrogen-bond donors (Lipinski definition) is 0. The minimum atomic E-state index is -0.562. The van der Waals surface area contributed by atoms with E-state index in [0.717, 1.165) is 10.0 Å². The summed E-state index contributed by atoms with van der Waals surface area (Å²) in [7, 11) is 2.90. The van der Waals surface area contributed by atoms with Crippen molar-refractivity contribution < 1.29 is 19.1 Å². The van der Waals surface area contributed by atoms with Crippen LogP contribution in [-0.2, 0) is 19.1 Å². The van der Waals surface area contributed by atoms with Gasteiger partial charge in [0.1, 0.15) is 13.2 Å². The average Bonchev–Trinajstić information content (AvgIpc) is 2.44. The summed E-state index contributed by atoms with van der Waals surface area (Å²) in [5, 5.41) is 7.36. The molecule has 0 spiro atoms. The van der Waals surface area contributed by atoms with Crippen molar-refractivity contribution >= 4 is 11.9 Å². The Morgan fingerprint density at radius 3 is 1.50 bits per heavy atom. The molecule has 0 aromatic heterocycles. The number of hydrogen-bond acceptors (Lipinski definition) is 8. The van der Waals surface area contributed by atoms with Crippen molar-refractivity contribution in [1.82, 2.24) is 10.0 Å². The topological polar surface area (TPSA) is 118 Å². The van der Waals surface area contributed by atoms with E-state index in [0.29, 0.717) is 0 Å². The van der Waals surface area contributed by atoms with E-state index in [-0.39, 0.29) is 39.1 Å². The van der Waals surface area contributed by atoms with Crippen molar-refractivity contribution in [1.29, 1.82) is 0 Å². The molecule has 0 N–H and O–H groups in total. The van der Waals surface area contributed by atoms with Crippen LogP contribution in [0.25, 0.3) is 0 Å². The predicted molar refractivity (Wildman–Crippen MR) is 68.0 cm³/mol. The first-order chi connectivity index (χ1) is 9.49. The van der Waals surface area contributed by atoms with E-state index in [1.165, 1.54) is 14.1 Å². The number of nitroso groups, excluding NO2 is 2. The highest BCUT2D eigenvalue weighted by Crippen LogP contribution is 1.97. The van der Waals surface area contributed by atoms with Gasteiger partial charge in [0.15, 0.2) is 0 Å². The molecule has 0 radical (unpaired) electrons. The Kier molecular flexibility index (Phi) is 9.44. The van der Waals surface area contributed by atoms with Gasteiger partial charge in [-0.15, -0.1) is 9.81 Å². The van der Waals surface area contributed by atoms with Crippen LogP contribution in [-0.4, -0.2) is 62.4 Å². The van der Waals surface area contributed by atoms with Crippen molar-refractivity contribution in [2.24, 2.45) is 10.6 Å². The second-order valence-corrected chi connectivity index (χ2v) is 3.87. The fraction of sp³-hybridized carbons (Fsp3) is 0.800. The minimum absolute atomic E-state index is 0.0198. The third-order valence-electron chi connectivity index (χ3n) is 2.17. The van der Waals surface area contributed by atoms with Gasteiger partial charge in [-0.25, -0.2) is 0 Å². The Morgan fingerprint density at radius 2 is 1.20 bits per heavy atom. The molecule has 10 nitrogen and oxygen atoms in total. The number of esters is 2. The van der Waals surface area contributed by atoms with Gasteiger partial charge < -0.3 is 9.47 Å². The highest BCUT2D eigenvalue weighted by Gasteiger charge is 2.09. The molecule has 0 aliphatic heterocycles. The van der Waals surface area contributed by atoms with Crippen LogP contribution in [0.5, 0.6) is 0 Å². The van der Waals surface area contributed by atoms with Crippen LogP contribution < -0.4 is 0 Å². The first-order valence-corrected chi connectivity index (χ1v) is 5.89. The van der Waals surface area contributed by atoms with E-state index in [2.05, 4.69) is 10.6 Å². The van der Waals surface area contributed by atoms with Gasteiger partial charge in [-0.2, -0.15) is 0 Å². The van der Waals surface area contributed by atoms with Gasteiger partial charge in [-0.3, -0.25) is 19.6 Å². The summed E-state index contributed by atoms with van der Waals surface area (Å²) >= 11 is 0. The molecule has 0 aromatic carbocycles. The minimum Gasteiger partial charge on any atom is -0.464 e. The van der Waals surface area contributed by atoms with Crippen molar-refractivity contribution in [3.63, 3.8) is 0 Å². The lowest BCUT2D eigenvalue weighted by Gasteiger charge is -2.10. The number of rotatable bonds is 11. The molecule has 0 saturated heterocycles. The van der Waals surface area contributed by atoms with Crippen LogP contribution >= 0.6 is 0 Å². The van der Waals surface area contributed by atoms with Crippen LogP contribution in [0, 0.1) is 9.81 Å². The Bertz CT molecular complexity index is 306. The van der Waals surface area contributed by atoms with Crippen molar-refractivity contribution in [2.75, 3.05) is 40.4 Å². The lowest BCUT2D eigenvalue weighted by Crippen LogP contribution is -2.21. The molecule has 0 saturated carbocycles. The van der Waals surface area contributed by atoms with E-state index < -0.39 is 11.9 Å². The zero-order valence-corrected chi connectivity index (χ0v) is 11.5. The Balaban J connectivity index is 3.60. The zero-order chi connectivity index (χ0) is 15.4. The Hall–Kier alpha value is -2.26. The third kappa shape index (κ3) is 9.74. The highest BCUT2D eigenvalue weighted by molar-refractivity contribution is 5.77. The molecule has 114 valence electrons. The van der Waals surface area contributed by atoms with Gasteiger partial charge in [0.2, 0.25) is 0 Å². The number of ether oxygens (including phenoxy) is 2. The number of nitrogens with zero attached hydrogens (tertiary/aromatic N) is 4. The normalized spacial score (nSPS) is 9.50. The molecule has 0 heterocycles. The molecule has 0 unspecified atom stereocenters. The van der Waals surface area contributed by atoms with Crippen LogP contribution in [0.15, 0.2) is 10.6 Å². The largest absolute Gasteiger partial charge is 0.464 e. The highest BCUT2D eigenvalue weighted by atomic mass is 16.5. The lowest BCUT2D eigenvalue weighted by atomic mass is 10.3. The molecule has 10 heteroatoms. The van der Waals surface area contributed by atoms with Gasteiger partial charge in [-0.05, 0) is 0 Å². The summed E-state index contributed by atoms with van der Waals surface area (Å²) < 4.78 is 9.55. The van der Waals surface area contributed by atoms with Crippen LogP contribution in [0.2, 0.25) is 0 Å². The van der Waals surface area contributed by atoms with E-state index in [9.17, 15) is 19.4 Å². The summed E-state index contributed by atoms with van der Waals surface area (Å²) in [6, 6.07) is 0. The SMILES string of the molecule is CN(CCOC(=O)CCC(=O)OCCN(C)N=O)N=O. The van der Waals surface area contributed by atoms with Gasteiger partial charge in [-0.1, -0.05) is 0 Å².